The highest BCUT2D eigenvalue weighted by Gasteiger charge is 2.52. The minimum absolute atomic E-state index is 0.0414. The molecule has 1 spiro atoms. The number of carbonyl (C=O) groups excluding carboxylic acids is 2. The Morgan fingerprint density at radius 1 is 1.28 bits per heavy atom. The Kier molecular flexibility index (Phi) is 3.80. The fourth-order valence-corrected chi connectivity index (χ4v) is 4.11. The maximum atomic E-state index is 12.8. The largest absolute Gasteiger partial charge is 0.497 e. The molecular weight excluding hydrogens is 384 g/mol. The fourth-order valence-electron chi connectivity index (χ4n) is 3.71. The summed E-state index contributed by atoms with van der Waals surface area (Å²) in [7, 11) is 1.61. The van der Waals surface area contributed by atoms with Crippen molar-refractivity contribution >= 4 is 33.4 Å². The molecule has 1 N–H and O–H groups in total. The van der Waals surface area contributed by atoms with Gasteiger partial charge in [0.15, 0.2) is 0 Å². The van der Waals surface area contributed by atoms with Crippen molar-refractivity contribution in [2.24, 2.45) is 0 Å². The monoisotopic (exact) mass is 400 g/mol. The fraction of sp³-hybridized carbons (Fsp3) is 0.263. The zero-order chi connectivity index (χ0) is 17.6. The molecule has 1 saturated heterocycles. The van der Waals surface area contributed by atoms with E-state index in [2.05, 4.69) is 21.2 Å². The molecule has 5 nitrogen and oxygen atoms in total. The molecule has 1 fully saturated rings. The van der Waals surface area contributed by atoms with Gasteiger partial charge < -0.3 is 15.0 Å². The maximum Gasteiger partial charge on any atom is 0.253 e. The second-order valence-corrected chi connectivity index (χ2v) is 7.35. The van der Waals surface area contributed by atoms with Crippen molar-refractivity contribution in [1.29, 1.82) is 0 Å². The Morgan fingerprint density at radius 3 is 2.88 bits per heavy atom. The van der Waals surface area contributed by atoms with Gasteiger partial charge in [-0.1, -0.05) is 22.0 Å². The number of ether oxygens (including phenoxy) is 1. The number of benzene rings is 2. The molecule has 128 valence electrons. The van der Waals surface area contributed by atoms with Crippen molar-refractivity contribution < 1.29 is 14.3 Å². The van der Waals surface area contributed by atoms with E-state index >= 15 is 0 Å². The summed E-state index contributed by atoms with van der Waals surface area (Å²) in [6, 6.07) is 12.9. The van der Waals surface area contributed by atoms with Crippen molar-refractivity contribution in [3.63, 3.8) is 0 Å². The van der Waals surface area contributed by atoms with Crippen LogP contribution in [0.1, 0.15) is 22.3 Å². The van der Waals surface area contributed by atoms with Gasteiger partial charge in [0.2, 0.25) is 5.91 Å². The lowest BCUT2D eigenvalue weighted by atomic mass is 9.81. The van der Waals surface area contributed by atoms with E-state index in [1.807, 2.05) is 30.3 Å². The number of amides is 2. The summed E-state index contributed by atoms with van der Waals surface area (Å²) < 4.78 is 6.17. The quantitative estimate of drug-likeness (QED) is 0.841. The molecule has 2 aromatic carbocycles. The Morgan fingerprint density at radius 2 is 2.12 bits per heavy atom. The van der Waals surface area contributed by atoms with Crippen LogP contribution in [0.25, 0.3) is 0 Å². The molecule has 1 atom stereocenters. The molecule has 0 aliphatic carbocycles. The average Bonchev–Trinajstić information content (AvgIpc) is 3.18. The van der Waals surface area contributed by atoms with Crippen molar-refractivity contribution in [2.45, 2.75) is 11.8 Å². The number of nitrogens with zero attached hydrogens (tertiary/aromatic N) is 1. The van der Waals surface area contributed by atoms with Gasteiger partial charge in [-0.2, -0.15) is 0 Å². The number of methoxy groups -OCH3 is 1. The van der Waals surface area contributed by atoms with Gasteiger partial charge in [-0.05, 0) is 48.4 Å². The summed E-state index contributed by atoms with van der Waals surface area (Å²) in [6.07, 6.45) is 0.610. The second kappa shape index (κ2) is 5.88. The third-order valence-corrected chi connectivity index (χ3v) is 5.55. The van der Waals surface area contributed by atoms with Crippen LogP contribution >= 0.6 is 15.9 Å². The average molecular weight is 401 g/mol. The molecule has 2 aliphatic heterocycles. The number of fused-ring (bicyclic) bond motifs is 2. The van der Waals surface area contributed by atoms with Gasteiger partial charge in [0, 0.05) is 28.8 Å². The summed E-state index contributed by atoms with van der Waals surface area (Å²) in [4.78, 5) is 27.3. The Balaban J connectivity index is 1.66. The van der Waals surface area contributed by atoms with Crippen LogP contribution in [-0.4, -0.2) is 36.9 Å². The first-order valence-electron chi connectivity index (χ1n) is 8.08. The Labute approximate surface area is 154 Å². The topological polar surface area (TPSA) is 58.6 Å². The highest BCUT2D eigenvalue weighted by Crippen LogP contribution is 2.45. The van der Waals surface area contributed by atoms with Gasteiger partial charge in [-0.3, -0.25) is 9.59 Å². The molecule has 6 heteroatoms. The summed E-state index contributed by atoms with van der Waals surface area (Å²) in [5.41, 5.74) is 1.66. The van der Waals surface area contributed by atoms with Crippen LogP contribution in [-0.2, 0) is 10.2 Å². The predicted octanol–water partition coefficient (Wildman–Crippen LogP) is 3.19. The Bertz CT molecular complexity index is 883. The smallest absolute Gasteiger partial charge is 0.253 e. The van der Waals surface area contributed by atoms with Gasteiger partial charge >= 0.3 is 0 Å². The van der Waals surface area contributed by atoms with E-state index in [0.717, 1.165) is 15.7 Å². The van der Waals surface area contributed by atoms with E-state index in [4.69, 9.17) is 4.74 Å². The zero-order valence-electron chi connectivity index (χ0n) is 13.7. The lowest BCUT2D eigenvalue weighted by Gasteiger charge is -2.23. The number of carbonyl (C=O) groups is 2. The number of nitrogens with one attached hydrogen (secondary N) is 1. The van der Waals surface area contributed by atoms with E-state index in [-0.39, 0.29) is 11.8 Å². The summed E-state index contributed by atoms with van der Waals surface area (Å²) in [5.74, 6) is 0.619. The van der Waals surface area contributed by atoms with Crippen LogP contribution in [0.4, 0.5) is 5.69 Å². The van der Waals surface area contributed by atoms with Crippen LogP contribution in [0, 0.1) is 0 Å². The maximum absolute atomic E-state index is 12.8. The number of rotatable bonds is 2. The van der Waals surface area contributed by atoms with Crippen molar-refractivity contribution in [1.82, 2.24) is 4.90 Å². The molecule has 4 rings (SSSR count). The number of anilines is 1. The number of likely N-dealkylation sites (tertiary alicyclic amines) is 1. The highest BCUT2D eigenvalue weighted by molar-refractivity contribution is 9.10. The predicted molar refractivity (Wildman–Crippen MR) is 98.0 cm³/mol. The Hall–Kier alpha value is -2.34. The lowest BCUT2D eigenvalue weighted by Crippen LogP contribution is -2.39. The second-order valence-electron chi connectivity index (χ2n) is 6.43. The van der Waals surface area contributed by atoms with Gasteiger partial charge in [0.05, 0.1) is 12.5 Å². The molecule has 0 saturated carbocycles. The minimum atomic E-state index is -0.689. The molecule has 2 amide bonds. The molecule has 0 bridgehead atoms. The molecule has 0 unspecified atom stereocenters. The molecule has 2 aromatic rings. The SMILES string of the molecule is COc1ccc2c(c1)[C@]1(CCN(C(=O)c3cccc(Br)c3)C1)C(=O)N2. The molecule has 2 aliphatic rings. The van der Waals surface area contributed by atoms with Crippen LogP contribution < -0.4 is 10.1 Å². The molecule has 0 radical (unpaired) electrons. The van der Waals surface area contributed by atoms with Gasteiger partial charge in [-0.25, -0.2) is 0 Å². The van der Waals surface area contributed by atoms with Crippen LogP contribution in [0.15, 0.2) is 46.9 Å². The van der Waals surface area contributed by atoms with Crippen molar-refractivity contribution in [3.8, 4) is 5.75 Å². The zero-order valence-corrected chi connectivity index (χ0v) is 15.3. The normalized spacial score (nSPS) is 21.4. The number of halogens is 1. The van der Waals surface area contributed by atoms with E-state index < -0.39 is 5.41 Å². The molecule has 2 heterocycles. The standard InChI is InChI=1S/C19H17BrN2O3/c1-25-14-5-6-16-15(10-14)19(18(24)21-16)7-8-22(11-19)17(23)12-3-2-4-13(20)9-12/h2-6,9-10H,7-8,11H2,1H3,(H,21,24)/t19-/m1/s1. The van der Waals surface area contributed by atoms with E-state index in [1.165, 1.54) is 0 Å². The van der Waals surface area contributed by atoms with Gasteiger partial charge in [0.25, 0.3) is 5.91 Å². The minimum Gasteiger partial charge on any atom is -0.497 e. The third-order valence-electron chi connectivity index (χ3n) is 5.05. The first-order valence-corrected chi connectivity index (χ1v) is 8.88. The van der Waals surface area contributed by atoms with Gasteiger partial charge in [-0.15, -0.1) is 0 Å². The van der Waals surface area contributed by atoms with Crippen LogP contribution in [0.5, 0.6) is 5.75 Å². The highest BCUT2D eigenvalue weighted by atomic mass is 79.9. The van der Waals surface area contributed by atoms with Crippen molar-refractivity contribution in [3.05, 3.63) is 58.1 Å². The van der Waals surface area contributed by atoms with Crippen LogP contribution in [0.2, 0.25) is 0 Å². The molecule has 25 heavy (non-hydrogen) atoms. The van der Waals surface area contributed by atoms with Crippen molar-refractivity contribution in [2.75, 3.05) is 25.5 Å². The van der Waals surface area contributed by atoms with E-state index in [1.54, 1.807) is 24.1 Å². The first-order chi connectivity index (χ1) is 12.0. The first kappa shape index (κ1) is 16.1. The van der Waals surface area contributed by atoms with E-state index in [9.17, 15) is 9.59 Å². The third kappa shape index (κ3) is 2.52. The molecule has 0 aromatic heterocycles. The molecular formula is C19H17BrN2O3. The summed E-state index contributed by atoms with van der Waals surface area (Å²) >= 11 is 3.40. The van der Waals surface area contributed by atoms with Gasteiger partial charge in [0.1, 0.15) is 5.75 Å². The lowest BCUT2D eigenvalue weighted by molar-refractivity contribution is -0.120. The van der Waals surface area contributed by atoms with Crippen LogP contribution in [0.3, 0.4) is 0 Å². The number of hydrogen-bond acceptors (Lipinski definition) is 3. The number of hydrogen-bond donors (Lipinski definition) is 1. The van der Waals surface area contributed by atoms with E-state index in [0.29, 0.717) is 30.8 Å². The summed E-state index contributed by atoms with van der Waals surface area (Å²) in [6.45, 7) is 0.930. The summed E-state index contributed by atoms with van der Waals surface area (Å²) in [5, 5.41) is 2.95.